The number of thiocarbonyl (C=S) groups is 1. The van der Waals surface area contributed by atoms with Gasteiger partial charge in [0, 0.05) is 24.3 Å². The second-order valence-electron chi connectivity index (χ2n) is 7.46. The van der Waals surface area contributed by atoms with Crippen LogP contribution in [0.5, 0.6) is 11.5 Å². The molecule has 1 aliphatic heterocycles. The molecule has 0 aromatic heterocycles. The maximum atomic E-state index is 12.4. The molecule has 1 heterocycles. The molecule has 1 amide bonds. The third-order valence-corrected chi connectivity index (χ3v) is 6.28. The molecule has 0 saturated carbocycles. The second-order valence-corrected chi connectivity index (χ2v) is 8.70. The molecule has 166 valence electrons. The Balaban J connectivity index is 1.69. The number of halogens is 1. The molecular formula is C24H29BrN2O3S. The first-order chi connectivity index (χ1) is 15.0. The van der Waals surface area contributed by atoms with Crippen LogP contribution in [0.25, 0.3) is 0 Å². The van der Waals surface area contributed by atoms with Crippen molar-refractivity contribution in [1.82, 2.24) is 4.90 Å². The zero-order valence-electron chi connectivity index (χ0n) is 18.1. The molecule has 0 spiro atoms. The Morgan fingerprint density at radius 3 is 2.45 bits per heavy atom. The molecule has 1 N–H and O–H groups in total. The Kier molecular flexibility index (Phi) is 8.72. The maximum absolute atomic E-state index is 12.4. The summed E-state index contributed by atoms with van der Waals surface area (Å²) in [6.07, 6.45) is 4.54. The van der Waals surface area contributed by atoms with Crippen molar-refractivity contribution in [2.75, 3.05) is 31.6 Å². The van der Waals surface area contributed by atoms with Crippen LogP contribution in [0.1, 0.15) is 44.2 Å². The standard InChI is InChI=1S/C24H29BrN2O3S/c1-3-17-8-10-19(11-9-17)26-22(28)16-30-23-20(25)14-18(15-21(23)29-4-2)24(31)27-12-6-5-7-13-27/h8-11,14-15H,3-7,12-13,16H2,1-2H3,(H,26,28). The van der Waals surface area contributed by atoms with E-state index in [4.69, 9.17) is 21.7 Å². The molecule has 3 rings (SSSR count). The van der Waals surface area contributed by atoms with Gasteiger partial charge < -0.3 is 19.7 Å². The van der Waals surface area contributed by atoms with Gasteiger partial charge in [0.1, 0.15) is 4.99 Å². The van der Waals surface area contributed by atoms with E-state index in [9.17, 15) is 4.79 Å². The summed E-state index contributed by atoms with van der Waals surface area (Å²) < 4.78 is 12.4. The van der Waals surface area contributed by atoms with E-state index in [0.717, 1.165) is 48.6 Å². The molecule has 0 aliphatic carbocycles. The lowest BCUT2D eigenvalue weighted by atomic mass is 10.1. The van der Waals surface area contributed by atoms with Gasteiger partial charge in [-0.25, -0.2) is 0 Å². The molecule has 1 saturated heterocycles. The van der Waals surface area contributed by atoms with Crippen molar-refractivity contribution in [3.8, 4) is 11.5 Å². The third kappa shape index (κ3) is 6.43. The van der Waals surface area contributed by atoms with Crippen LogP contribution in [0.2, 0.25) is 0 Å². The first-order valence-corrected chi connectivity index (χ1v) is 12.0. The number of carbonyl (C=O) groups excluding carboxylic acids is 1. The fourth-order valence-corrected chi connectivity index (χ4v) is 4.39. The lowest BCUT2D eigenvalue weighted by molar-refractivity contribution is -0.118. The van der Waals surface area contributed by atoms with E-state index in [2.05, 4.69) is 33.1 Å². The van der Waals surface area contributed by atoms with Gasteiger partial charge in [0.25, 0.3) is 5.91 Å². The number of hydrogen-bond donors (Lipinski definition) is 1. The molecule has 2 aromatic carbocycles. The van der Waals surface area contributed by atoms with Gasteiger partial charge in [-0.05, 0) is 78.4 Å². The van der Waals surface area contributed by atoms with Crippen molar-refractivity contribution < 1.29 is 14.3 Å². The number of carbonyl (C=O) groups is 1. The van der Waals surface area contributed by atoms with E-state index in [0.29, 0.717) is 22.6 Å². The molecule has 0 unspecified atom stereocenters. The summed E-state index contributed by atoms with van der Waals surface area (Å²) in [5.41, 5.74) is 2.89. The van der Waals surface area contributed by atoms with Gasteiger partial charge in [-0.2, -0.15) is 0 Å². The van der Waals surface area contributed by atoms with Gasteiger partial charge in [0.15, 0.2) is 18.1 Å². The summed E-state index contributed by atoms with van der Waals surface area (Å²) in [5, 5.41) is 2.86. The average molecular weight is 505 g/mol. The van der Waals surface area contributed by atoms with Gasteiger partial charge in [-0.15, -0.1) is 0 Å². The first-order valence-electron chi connectivity index (χ1n) is 10.8. The predicted molar refractivity (Wildman–Crippen MR) is 132 cm³/mol. The van der Waals surface area contributed by atoms with E-state index >= 15 is 0 Å². The minimum absolute atomic E-state index is 0.121. The highest BCUT2D eigenvalue weighted by Gasteiger charge is 2.20. The van der Waals surface area contributed by atoms with Crippen LogP contribution in [0.15, 0.2) is 40.9 Å². The number of anilines is 1. The largest absolute Gasteiger partial charge is 0.490 e. The van der Waals surface area contributed by atoms with Crippen molar-refractivity contribution in [3.63, 3.8) is 0 Å². The Morgan fingerprint density at radius 1 is 1.10 bits per heavy atom. The highest BCUT2D eigenvalue weighted by atomic mass is 79.9. The molecular weight excluding hydrogens is 476 g/mol. The summed E-state index contributed by atoms with van der Waals surface area (Å²) in [5.74, 6) is 0.848. The number of nitrogens with zero attached hydrogens (tertiary/aromatic N) is 1. The highest BCUT2D eigenvalue weighted by Crippen LogP contribution is 2.37. The number of ether oxygens (including phenoxy) is 2. The fourth-order valence-electron chi connectivity index (χ4n) is 3.53. The van der Waals surface area contributed by atoms with Crippen molar-refractivity contribution in [2.24, 2.45) is 0 Å². The molecule has 1 aliphatic rings. The molecule has 0 atom stereocenters. The summed E-state index contributed by atoms with van der Waals surface area (Å²) in [6, 6.07) is 11.6. The van der Waals surface area contributed by atoms with Crippen LogP contribution in [0.4, 0.5) is 5.69 Å². The quantitative estimate of drug-likeness (QED) is 0.474. The van der Waals surface area contributed by atoms with Crippen molar-refractivity contribution in [2.45, 2.75) is 39.5 Å². The van der Waals surface area contributed by atoms with Gasteiger partial charge >= 0.3 is 0 Å². The van der Waals surface area contributed by atoms with Crippen molar-refractivity contribution in [1.29, 1.82) is 0 Å². The Hall–Kier alpha value is -2.12. The lowest BCUT2D eigenvalue weighted by Crippen LogP contribution is -2.34. The number of rotatable bonds is 8. The fraction of sp³-hybridized carbons (Fsp3) is 0.417. The number of benzene rings is 2. The molecule has 31 heavy (non-hydrogen) atoms. The van der Waals surface area contributed by atoms with Gasteiger partial charge in [0.2, 0.25) is 0 Å². The number of amides is 1. The molecule has 7 heteroatoms. The van der Waals surface area contributed by atoms with Crippen LogP contribution in [0.3, 0.4) is 0 Å². The number of piperidine rings is 1. The SMILES string of the molecule is CCOc1cc(C(=S)N2CCCCC2)cc(Br)c1OCC(=O)Nc1ccc(CC)cc1. The highest BCUT2D eigenvalue weighted by molar-refractivity contribution is 9.10. The number of likely N-dealkylation sites (tertiary alicyclic amines) is 1. The van der Waals surface area contributed by atoms with Crippen molar-refractivity contribution in [3.05, 3.63) is 52.0 Å². The van der Waals surface area contributed by atoms with Gasteiger partial charge in [0.05, 0.1) is 11.1 Å². The van der Waals surface area contributed by atoms with E-state index in [1.54, 1.807) is 0 Å². The predicted octanol–water partition coefficient (Wildman–Crippen LogP) is 5.59. The van der Waals surface area contributed by atoms with Crippen molar-refractivity contribution >= 4 is 44.7 Å². The summed E-state index contributed by atoms with van der Waals surface area (Å²) in [4.78, 5) is 15.4. The van der Waals surface area contributed by atoms with E-state index in [-0.39, 0.29) is 12.5 Å². The Bertz CT molecular complexity index is 912. The summed E-state index contributed by atoms with van der Waals surface area (Å²) >= 11 is 9.31. The van der Waals surface area contributed by atoms with Crippen LogP contribution in [0, 0.1) is 0 Å². The smallest absolute Gasteiger partial charge is 0.262 e. The normalized spacial score (nSPS) is 13.6. The summed E-state index contributed by atoms with van der Waals surface area (Å²) in [7, 11) is 0. The van der Waals surface area contributed by atoms with E-state index in [1.165, 1.54) is 12.0 Å². The molecule has 1 fully saturated rings. The lowest BCUT2D eigenvalue weighted by Gasteiger charge is -2.29. The Morgan fingerprint density at radius 2 is 1.81 bits per heavy atom. The van der Waals surface area contributed by atoms with E-state index < -0.39 is 0 Å². The van der Waals surface area contributed by atoms with Crippen LogP contribution in [-0.4, -0.2) is 42.1 Å². The van der Waals surface area contributed by atoms with Gasteiger partial charge in [-0.1, -0.05) is 31.3 Å². The summed E-state index contributed by atoms with van der Waals surface area (Å²) in [6.45, 7) is 6.35. The minimum Gasteiger partial charge on any atom is -0.490 e. The van der Waals surface area contributed by atoms with Crippen LogP contribution >= 0.6 is 28.1 Å². The topological polar surface area (TPSA) is 50.8 Å². The van der Waals surface area contributed by atoms with E-state index in [1.807, 2.05) is 43.3 Å². The van der Waals surface area contributed by atoms with Crippen LogP contribution < -0.4 is 14.8 Å². The maximum Gasteiger partial charge on any atom is 0.262 e. The Labute approximate surface area is 198 Å². The number of hydrogen-bond acceptors (Lipinski definition) is 4. The monoisotopic (exact) mass is 504 g/mol. The van der Waals surface area contributed by atoms with Gasteiger partial charge in [-0.3, -0.25) is 4.79 Å². The first kappa shape index (κ1) is 23.5. The van der Waals surface area contributed by atoms with Crippen LogP contribution in [-0.2, 0) is 11.2 Å². The number of aryl methyl sites for hydroxylation is 1. The number of nitrogens with one attached hydrogen (secondary N) is 1. The second kappa shape index (κ2) is 11.5. The molecule has 5 nitrogen and oxygen atoms in total. The zero-order chi connectivity index (χ0) is 22.2. The molecule has 0 radical (unpaired) electrons. The zero-order valence-corrected chi connectivity index (χ0v) is 20.5. The third-order valence-electron chi connectivity index (χ3n) is 5.19. The molecule has 2 aromatic rings. The molecule has 0 bridgehead atoms. The minimum atomic E-state index is -0.230. The average Bonchev–Trinajstić information content (AvgIpc) is 2.79.